The summed E-state index contributed by atoms with van der Waals surface area (Å²) in [5, 5.41) is 9.53. The van der Waals surface area contributed by atoms with E-state index in [2.05, 4.69) is 17.6 Å². The van der Waals surface area contributed by atoms with Gasteiger partial charge in [-0.05, 0) is 25.1 Å². The van der Waals surface area contributed by atoms with Crippen molar-refractivity contribution in [3.63, 3.8) is 0 Å². The first kappa shape index (κ1) is 16.7. The molecule has 6 nitrogen and oxygen atoms in total. The second kappa shape index (κ2) is 7.58. The van der Waals surface area contributed by atoms with Crippen LogP contribution in [0.1, 0.15) is 22.8 Å². The third-order valence-electron chi connectivity index (χ3n) is 3.35. The Balaban J connectivity index is 2.47. The van der Waals surface area contributed by atoms with Crippen LogP contribution in [-0.4, -0.2) is 35.4 Å². The van der Waals surface area contributed by atoms with Crippen LogP contribution in [0, 0.1) is 11.8 Å². The van der Waals surface area contributed by atoms with Crippen molar-refractivity contribution in [2.24, 2.45) is 0 Å². The molecule has 120 valence electrons. The number of ether oxygens (including phenoxy) is 1. The molecule has 6 heteroatoms. The number of hydrogen-bond acceptors (Lipinski definition) is 3. The summed E-state index contributed by atoms with van der Waals surface area (Å²) in [6.45, 7) is 3.99. The summed E-state index contributed by atoms with van der Waals surface area (Å²) in [5.41, 5.74) is 4.29. The van der Waals surface area contributed by atoms with Crippen molar-refractivity contribution in [1.82, 2.24) is 4.57 Å². The van der Waals surface area contributed by atoms with Crippen LogP contribution in [0.4, 0.5) is 0 Å². The molecule has 0 aliphatic carbocycles. The Hall–Kier alpha value is -2.62. The molecule has 0 amide bonds. The highest BCUT2D eigenvalue weighted by molar-refractivity contribution is 5.92. The summed E-state index contributed by atoms with van der Waals surface area (Å²) < 4.78 is 6.97. The summed E-state index contributed by atoms with van der Waals surface area (Å²) in [6.07, 6.45) is 1.38. The minimum atomic E-state index is -1.22. The number of benzene rings is 1. The van der Waals surface area contributed by atoms with E-state index in [-0.39, 0.29) is 5.56 Å². The first-order valence-electron chi connectivity index (χ1n) is 7.34. The van der Waals surface area contributed by atoms with Gasteiger partial charge in [0, 0.05) is 23.7 Å². The van der Waals surface area contributed by atoms with Crippen LogP contribution < -0.4 is 11.2 Å². The van der Waals surface area contributed by atoms with Gasteiger partial charge >= 0.3 is 5.97 Å². The molecule has 0 bridgehead atoms. The van der Waals surface area contributed by atoms with E-state index < -0.39 is 11.4 Å². The van der Waals surface area contributed by atoms with E-state index in [0.29, 0.717) is 42.8 Å². The monoisotopic (exact) mass is 315 g/mol. The number of carbonyl (C=O) groups is 1. The number of aromatic nitrogens is 1. The number of aryl methyl sites for hydroxylation is 1. The lowest BCUT2D eigenvalue weighted by Gasteiger charge is -2.10. The second-order valence-electron chi connectivity index (χ2n) is 4.90. The van der Waals surface area contributed by atoms with Crippen LogP contribution in [0.2, 0.25) is 0 Å². The number of quaternary nitrogens is 1. The van der Waals surface area contributed by atoms with E-state index in [4.69, 9.17) is 4.74 Å². The Labute approximate surface area is 133 Å². The molecule has 0 saturated carbocycles. The van der Waals surface area contributed by atoms with Gasteiger partial charge in [-0.15, -0.1) is 0 Å². The third kappa shape index (κ3) is 3.77. The van der Waals surface area contributed by atoms with Crippen molar-refractivity contribution in [3.8, 4) is 11.8 Å². The molecule has 1 aromatic carbocycles. The molecule has 23 heavy (non-hydrogen) atoms. The maximum Gasteiger partial charge on any atom is 0.341 e. The topological polar surface area (TPSA) is 96.2 Å². The van der Waals surface area contributed by atoms with Gasteiger partial charge in [0.1, 0.15) is 12.2 Å². The van der Waals surface area contributed by atoms with Crippen molar-refractivity contribution < 1.29 is 20.4 Å². The fraction of sp³-hybridized carbons (Fsp3) is 0.294. The zero-order valence-electron chi connectivity index (χ0n) is 13.0. The highest BCUT2D eigenvalue weighted by Crippen LogP contribution is 2.14. The molecular formula is C17H19N2O4+. The van der Waals surface area contributed by atoms with Gasteiger partial charge in [-0.3, -0.25) is 4.79 Å². The van der Waals surface area contributed by atoms with Gasteiger partial charge in [-0.2, -0.15) is 0 Å². The molecule has 0 fully saturated rings. The average Bonchev–Trinajstić information content (AvgIpc) is 2.55. The van der Waals surface area contributed by atoms with Gasteiger partial charge < -0.3 is 20.1 Å². The number of nitrogens with zero attached hydrogens (tertiary/aromatic N) is 1. The van der Waals surface area contributed by atoms with Crippen molar-refractivity contribution in [2.45, 2.75) is 13.5 Å². The van der Waals surface area contributed by atoms with Gasteiger partial charge in [0.2, 0.25) is 5.43 Å². The number of carboxylic acids is 1. The van der Waals surface area contributed by atoms with Crippen LogP contribution in [0.15, 0.2) is 29.2 Å². The van der Waals surface area contributed by atoms with Crippen LogP contribution >= 0.6 is 0 Å². The standard InChI is InChI=1S/C17H18N2O4/c1-2-19-11-14(17(21)22)16(20)13-10-12(5-6-15(13)19)4-3-8-23-9-7-18/h5-6,10-11H,2,7-9,18H2,1H3,(H,21,22)/p+1. The van der Waals surface area contributed by atoms with E-state index in [0.717, 1.165) is 0 Å². The van der Waals surface area contributed by atoms with Crippen LogP contribution in [-0.2, 0) is 11.3 Å². The quantitative estimate of drug-likeness (QED) is 0.614. The van der Waals surface area contributed by atoms with Gasteiger partial charge in [0.25, 0.3) is 0 Å². The van der Waals surface area contributed by atoms with Crippen molar-refractivity contribution in [1.29, 1.82) is 0 Å². The lowest BCUT2D eigenvalue weighted by molar-refractivity contribution is -0.373. The molecule has 0 unspecified atom stereocenters. The highest BCUT2D eigenvalue weighted by atomic mass is 16.5. The largest absolute Gasteiger partial charge is 0.477 e. The summed E-state index contributed by atoms with van der Waals surface area (Å²) in [5.74, 6) is 4.55. The molecule has 2 rings (SSSR count). The number of fused-ring (bicyclic) bond motifs is 1. The Morgan fingerprint density at radius 2 is 2.22 bits per heavy atom. The summed E-state index contributed by atoms with van der Waals surface area (Å²) >= 11 is 0. The molecule has 0 saturated heterocycles. The molecular weight excluding hydrogens is 296 g/mol. The van der Waals surface area contributed by atoms with E-state index in [9.17, 15) is 14.7 Å². The lowest BCUT2D eigenvalue weighted by atomic mass is 10.1. The fourth-order valence-electron chi connectivity index (χ4n) is 2.25. The predicted molar refractivity (Wildman–Crippen MR) is 86.3 cm³/mol. The molecule has 1 heterocycles. The van der Waals surface area contributed by atoms with E-state index in [1.165, 1.54) is 6.20 Å². The van der Waals surface area contributed by atoms with Gasteiger partial charge in [0.15, 0.2) is 0 Å². The highest BCUT2D eigenvalue weighted by Gasteiger charge is 2.14. The Morgan fingerprint density at radius 1 is 1.43 bits per heavy atom. The van der Waals surface area contributed by atoms with Gasteiger partial charge in [0.05, 0.1) is 18.7 Å². The average molecular weight is 315 g/mol. The second-order valence-corrected chi connectivity index (χ2v) is 4.90. The number of carboxylic acid groups (broad SMARTS) is 1. The maximum atomic E-state index is 12.3. The van der Waals surface area contributed by atoms with Gasteiger partial charge in [-0.25, -0.2) is 4.79 Å². The SMILES string of the molecule is CCn1cc(C(=O)O)c(=O)c2cc(C#CCOCC[NH3+])ccc21. The number of rotatable bonds is 5. The predicted octanol–water partition coefficient (Wildman–Crippen LogP) is 0.330. The fourth-order valence-corrected chi connectivity index (χ4v) is 2.25. The molecule has 0 aliphatic rings. The van der Waals surface area contributed by atoms with E-state index in [1.807, 2.05) is 13.0 Å². The first-order chi connectivity index (χ1) is 11.1. The maximum absolute atomic E-state index is 12.3. The molecule has 2 aromatic rings. The first-order valence-corrected chi connectivity index (χ1v) is 7.34. The molecule has 0 aliphatic heterocycles. The number of hydrogen-bond donors (Lipinski definition) is 2. The Bertz CT molecular complexity index is 843. The van der Waals surface area contributed by atoms with Crippen molar-refractivity contribution >= 4 is 16.9 Å². The minimum Gasteiger partial charge on any atom is -0.477 e. The van der Waals surface area contributed by atoms with Gasteiger partial charge in [-0.1, -0.05) is 11.8 Å². The smallest absolute Gasteiger partial charge is 0.341 e. The molecule has 0 atom stereocenters. The molecule has 0 radical (unpaired) electrons. The van der Waals surface area contributed by atoms with Crippen LogP contribution in [0.25, 0.3) is 10.9 Å². The minimum absolute atomic E-state index is 0.233. The number of pyridine rings is 1. The summed E-state index contributed by atoms with van der Waals surface area (Å²) in [7, 11) is 0. The normalized spacial score (nSPS) is 10.3. The third-order valence-corrected chi connectivity index (χ3v) is 3.35. The molecule has 0 spiro atoms. The zero-order chi connectivity index (χ0) is 16.8. The van der Waals surface area contributed by atoms with E-state index >= 15 is 0 Å². The summed E-state index contributed by atoms with van der Waals surface area (Å²) in [4.78, 5) is 23.6. The molecule has 4 N–H and O–H groups in total. The lowest BCUT2D eigenvalue weighted by Crippen LogP contribution is -2.52. The van der Waals surface area contributed by atoms with Crippen LogP contribution in [0.5, 0.6) is 0 Å². The Kier molecular flexibility index (Phi) is 5.52. The Morgan fingerprint density at radius 3 is 2.87 bits per heavy atom. The zero-order valence-corrected chi connectivity index (χ0v) is 13.0. The van der Waals surface area contributed by atoms with Crippen molar-refractivity contribution in [3.05, 3.63) is 45.7 Å². The van der Waals surface area contributed by atoms with Crippen molar-refractivity contribution in [2.75, 3.05) is 19.8 Å². The van der Waals surface area contributed by atoms with Crippen LogP contribution in [0.3, 0.4) is 0 Å². The van der Waals surface area contributed by atoms with E-state index in [1.54, 1.807) is 16.7 Å². The molecule has 1 aromatic heterocycles. The number of aromatic carboxylic acids is 1. The summed E-state index contributed by atoms with van der Waals surface area (Å²) in [6, 6.07) is 5.22.